The van der Waals surface area contributed by atoms with E-state index in [1.807, 2.05) is 0 Å². The van der Waals surface area contributed by atoms with Crippen molar-refractivity contribution in [3.63, 3.8) is 0 Å². The Labute approximate surface area is 81.9 Å². The van der Waals surface area contributed by atoms with Crippen molar-refractivity contribution in [1.82, 2.24) is 0 Å². The maximum absolute atomic E-state index is 10.7. The van der Waals surface area contributed by atoms with Crippen molar-refractivity contribution >= 4 is 11.9 Å². The lowest BCUT2D eigenvalue weighted by Crippen LogP contribution is -2.08. The minimum Gasteiger partial charge on any atom is -0.478 e. The lowest BCUT2D eigenvalue weighted by Gasteiger charge is -1.99. The van der Waals surface area contributed by atoms with Crippen molar-refractivity contribution in [3.8, 4) is 0 Å². The van der Waals surface area contributed by atoms with Crippen LogP contribution >= 0.6 is 0 Å². The van der Waals surface area contributed by atoms with Gasteiger partial charge in [-0.1, -0.05) is 24.3 Å². The standard InChI is InChI=1S/C10H12O4/c1-3-5-7(9(11)12)8(6-4-2)10(13)14/h3-6H,1-2H3,(H,11,12)(H,13,14)/b5-3+,6-4+,8-7-. The van der Waals surface area contributed by atoms with Crippen LogP contribution < -0.4 is 0 Å². The van der Waals surface area contributed by atoms with E-state index >= 15 is 0 Å². The van der Waals surface area contributed by atoms with Gasteiger partial charge in [-0.25, -0.2) is 9.59 Å². The van der Waals surface area contributed by atoms with Crippen LogP contribution in [0.3, 0.4) is 0 Å². The molecule has 0 saturated heterocycles. The van der Waals surface area contributed by atoms with Crippen LogP contribution in [0.25, 0.3) is 0 Å². The summed E-state index contributed by atoms with van der Waals surface area (Å²) in [6.45, 7) is 3.25. The van der Waals surface area contributed by atoms with Gasteiger partial charge in [-0.2, -0.15) is 0 Å². The van der Waals surface area contributed by atoms with Gasteiger partial charge in [0.15, 0.2) is 0 Å². The second-order valence-electron chi connectivity index (χ2n) is 2.44. The molecule has 0 aliphatic heterocycles. The molecular formula is C10H12O4. The normalized spacial score (nSPS) is 13.3. The largest absolute Gasteiger partial charge is 0.478 e. The number of aliphatic carboxylic acids is 2. The minimum absolute atomic E-state index is 0.224. The third-order valence-corrected chi connectivity index (χ3v) is 1.42. The predicted octanol–water partition coefficient (Wildman–Crippen LogP) is 1.60. The zero-order chi connectivity index (χ0) is 11.1. The molecule has 4 heteroatoms. The fraction of sp³-hybridized carbons (Fsp3) is 0.200. The second kappa shape index (κ2) is 5.75. The van der Waals surface area contributed by atoms with E-state index in [0.717, 1.165) is 0 Å². The lowest BCUT2D eigenvalue weighted by molar-refractivity contribution is -0.135. The first-order chi connectivity index (χ1) is 6.54. The average Bonchev–Trinajstić information content (AvgIpc) is 2.10. The van der Waals surface area contributed by atoms with Gasteiger partial charge in [-0.05, 0) is 13.8 Å². The number of carboxylic acid groups (broad SMARTS) is 2. The van der Waals surface area contributed by atoms with Crippen LogP contribution in [0.5, 0.6) is 0 Å². The summed E-state index contributed by atoms with van der Waals surface area (Å²) in [5.74, 6) is -2.50. The zero-order valence-electron chi connectivity index (χ0n) is 8.02. The summed E-state index contributed by atoms with van der Waals surface area (Å²) in [4.78, 5) is 21.4. The SMILES string of the molecule is C/C=C/C(C(=O)O)=C(\C=C\C)C(=O)O. The van der Waals surface area contributed by atoms with E-state index in [1.165, 1.54) is 24.3 Å². The van der Waals surface area contributed by atoms with E-state index in [1.54, 1.807) is 13.8 Å². The molecule has 0 bridgehead atoms. The van der Waals surface area contributed by atoms with Crippen molar-refractivity contribution in [2.75, 3.05) is 0 Å². The third-order valence-electron chi connectivity index (χ3n) is 1.42. The number of carbonyl (C=O) groups is 2. The molecule has 0 radical (unpaired) electrons. The Morgan fingerprint density at radius 1 is 0.857 bits per heavy atom. The van der Waals surface area contributed by atoms with Gasteiger partial charge in [0, 0.05) is 0 Å². The Hall–Kier alpha value is -1.84. The van der Waals surface area contributed by atoms with Crippen molar-refractivity contribution in [2.45, 2.75) is 13.8 Å². The molecule has 76 valence electrons. The summed E-state index contributed by atoms with van der Waals surface area (Å²) >= 11 is 0. The van der Waals surface area contributed by atoms with Crippen molar-refractivity contribution < 1.29 is 19.8 Å². The van der Waals surface area contributed by atoms with E-state index < -0.39 is 11.9 Å². The first-order valence-corrected chi connectivity index (χ1v) is 4.00. The Morgan fingerprint density at radius 3 is 1.29 bits per heavy atom. The molecule has 0 atom stereocenters. The second-order valence-corrected chi connectivity index (χ2v) is 2.44. The highest BCUT2D eigenvalue weighted by Crippen LogP contribution is 2.09. The third kappa shape index (κ3) is 3.26. The fourth-order valence-corrected chi connectivity index (χ4v) is 0.886. The molecule has 4 nitrogen and oxygen atoms in total. The number of allylic oxidation sites excluding steroid dienone is 2. The molecule has 0 aromatic rings. The van der Waals surface area contributed by atoms with Gasteiger partial charge in [0.25, 0.3) is 0 Å². The van der Waals surface area contributed by atoms with Gasteiger partial charge in [-0.15, -0.1) is 0 Å². The summed E-state index contributed by atoms with van der Waals surface area (Å²) in [5, 5.41) is 17.5. The Morgan fingerprint density at radius 2 is 1.14 bits per heavy atom. The van der Waals surface area contributed by atoms with Crippen LogP contribution in [-0.4, -0.2) is 22.2 Å². The molecule has 0 spiro atoms. The number of hydrogen-bond acceptors (Lipinski definition) is 2. The van der Waals surface area contributed by atoms with Crippen molar-refractivity contribution in [3.05, 3.63) is 35.5 Å². The van der Waals surface area contributed by atoms with Crippen LogP contribution in [0.15, 0.2) is 35.5 Å². The predicted molar refractivity (Wildman–Crippen MR) is 51.9 cm³/mol. The monoisotopic (exact) mass is 196 g/mol. The first-order valence-electron chi connectivity index (χ1n) is 4.00. The van der Waals surface area contributed by atoms with Gasteiger partial charge < -0.3 is 10.2 Å². The Kier molecular flexibility index (Phi) is 4.99. The molecule has 0 fully saturated rings. The van der Waals surface area contributed by atoms with E-state index in [4.69, 9.17) is 10.2 Å². The maximum atomic E-state index is 10.7. The summed E-state index contributed by atoms with van der Waals surface area (Å²) < 4.78 is 0. The summed E-state index contributed by atoms with van der Waals surface area (Å²) in [5.41, 5.74) is -0.448. The average molecular weight is 196 g/mol. The molecule has 0 aliphatic rings. The van der Waals surface area contributed by atoms with Gasteiger partial charge >= 0.3 is 11.9 Å². The molecule has 0 aromatic carbocycles. The smallest absolute Gasteiger partial charge is 0.336 e. The van der Waals surface area contributed by atoms with E-state index in [-0.39, 0.29) is 11.1 Å². The Balaban J connectivity index is 5.49. The molecule has 0 rings (SSSR count). The van der Waals surface area contributed by atoms with Crippen LogP contribution in [0.4, 0.5) is 0 Å². The molecule has 0 heterocycles. The van der Waals surface area contributed by atoms with Crippen LogP contribution in [0.1, 0.15) is 13.8 Å². The summed E-state index contributed by atoms with van der Waals surface area (Å²) in [7, 11) is 0. The van der Waals surface area contributed by atoms with E-state index in [2.05, 4.69) is 0 Å². The maximum Gasteiger partial charge on any atom is 0.336 e. The zero-order valence-corrected chi connectivity index (χ0v) is 8.02. The molecule has 0 aliphatic carbocycles. The highest BCUT2D eigenvalue weighted by Gasteiger charge is 2.14. The number of hydrogen-bond donors (Lipinski definition) is 2. The lowest BCUT2D eigenvalue weighted by atomic mass is 10.1. The van der Waals surface area contributed by atoms with Gasteiger partial charge in [0.1, 0.15) is 0 Å². The molecule has 14 heavy (non-hydrogen) atoms. The topological polar surface area (TPSA) is 74.6 Å². The van der Waals surface area contributed by atoms with E-state index in [0.29, 0.717) is 0 Å². The van der Waals surface area contributed by atoms with Crippen LogP contribution in [0.2, 0.25) is 0 Å². The van der Waals surface area contributed by atoms with Gasteiger partial charge in [0.05, 0.1) is 11.1 Å². The van der Waals surface area contributed by atoms with Crippen molar-refractivity contribution in [2.24, 2.45) is 0 Å². The molecule has 0 aromatic heterocycles. The molecular weight excluding hydrogens is 184 g/mol. The molecule has 0 amide bonds. The first kappa shape index (κ1) is 12.2. The fourth-order valence-electron chi connectivity index (χ4n) is 0.886. The number of rotatable bonds is 4. The summed E-state index contributed by atoms with van der Waals surface area (Å²) in [6, 6.07) is 0. The quantitative estimate of drug-likeness (QED) is 0.529. The van der Waals surface area contributed by atoms with Crippen molar-refractivity contribution in [1.29, 1.82) is 0 Å². The minimum atomic E-state index is -1.25. The van der Waals surface area contributed by atoms with Gasteiger partial charge in [-0.3, -0.25) is 0 Å². The highest BCUT2D eigenvalue weighted by molar-refractivity contribution is 6.02. The summed E-state index contributed by atoms with van der Waals surface area (Å²) in [6.07, 6.45) is 5.48. The highest BCUT2D eigenvalue weighted by atomic mass is 16.4. The Bertz CT molecular complexity index is 289. The molecule has 0 unspecified atom stereocenters. The van der Waals surface area contributed by atoms with Crippen LogP contribution in [-0.2, 0) is 9.59 Å². The van der Waals surface area contributed by atoms with Crippen LogP contribution in [0, 0.1) is 0 Å². The number of carboxylic acids is 2. The molecule has 2 N–H and O–H groups in total. The molecule has 0 saturated carbocycles. The van der Waals surface area contributed by atoms with E-state index in [9.17, 15) is 9.59 Å². The van der Waals surface area contributed by atoms with Gasteiger partial charge in [0.2, 0.25) is 0 Å².